The maximum absolute atomic E-state index is 11.8. The van der Waals surface area contributed by atoms with Gasteiger partial charge < -0.3 is 18.9 Å². The number of carbonyl (C=O) groups excluding carboxylic acids is 2. The lowest BCUT2D eigenvalue weighted by molar-refractivity contribution is -0.0859. The highest BCUT2D eigenvalue weighted by molar-refractivity contribution is 5.61. The molecular formula is C18H34O6. The molecule has 0 aromatic carbocycles. The molecule has 0 N–H and O–H groups in total. The van der Waals surface area contributed by atoms with Crippen LogP contribution >= 0.6 is 0 Å². The van der Waals surface area contributed by atoms with Gasteiger partial charge in [-0.25, -0.2) is 9.59 Å². The van der Waals surface area contributed by atoms with E-state index in [0.717, 1.165) is 25.7 Å². The summed E-state index contributed by atoms with van der Waals surface area (Å²) in [6.45, 7) is 12.3. The zero-order valence-electron chi connectivity index (χ0n) is 16.0. The summed E-state index contributed by atoms with van der Waals surface area (Å²) in [5, 5.41) is 0. The summed E-state index contributed by atoms with van der Waals surface area (Å²) in [4.78, 5) is 23.7. The van der Waals surface area contributed by atoms with Gasteiger partial charge in [-0.05, 0) is 24.7 Å². The topological polar surface area (TPSA) is 71.1 Å². The average molecular weight is 346 g/mol. The Labute approximate surface area is 146 Å². The first-order valence-electron chi connectivity index (χ1n) is 9.00. The molecule has 0 radical (unpaired) electrons. The van der Waals surface area contributed by atoms with E-state index in [1.165, 1.54) is 0 Å². The molecule has 6 nitrogen and oxygen atoms in total. The molecule has 0 aliphatic heterocycles. The Balaban J connectivity index is 4.72. The van der Waals surface area contributed by atoms with Crippen LogP contribution < -0.4 is 0 Å². The first kappa shape index (κ1) is 22.5. The average Bonchev–Trinajstić information content (AvgIpc) is 2.50. The Morgan fingerprint density at radius 3 is 1.29 bits per heavy atom. The normalized spacial score (nSPS) is 13.5. The van der Waals surface area contributed by atoms with Gasteiger partial charge >= 0.3 is 12.3 Å². The summed E-state index contributed by atoms with van der Waals surface area (Å²) >= 11 is 0. The Kier molecular flexibility index (Phi) is 12.1. The zero-order chi connectivity index (χ0) is 18.5. The highest BCUT2D eigenvalue weighted by atomic mass is 16.8. The van der Waals surface area contributed by atoms with Gasteiger partial charge in [0.1, 0.15) is 12.2 Å². The van der Waals surface area contributed by atoms with E-state index in [4.69, 9.17) is 18.9 Å². The minimum Gasteiger partial charge on any atom is -0.434 e. The van der Waals surface area contributed by atoms with Gasteiger partial charge in [0, 0.05) is 0 Å². The Hall–Kier alpha value is -1.46. The van der Waals surface area contributed by atoms with Crippen molar-refractivity contribution in [3.8, 4) is 0 Å². The van der Waals surface area contributed by atoms with Gasteiger partial charge in [-0.1, -0.05) is 54.4 Å². The monoisotopic (exact) mass is 346 g/mol. The van der Waals surface area contributed by atoms with Gasteiger partial charge in [-0.3, -0.25) is 0 Å². The minimum atomic E-state index is -0.726. The number of unbranched alkanes of at least 4 members (excludes halogenated alkanes) is 2. The molecule has 0 aliphatic carbocycles. The van der Waals surface area contributed by atoms with E-state index >= 15 is 0 Å². The van der Waals surface area contributed by atoms with E-state index in [0.29, 0.717) is 13.2 Å². The van der Waals surface area contributed by atoms with Crippen LogP contribution in [-0.4, -0.2) is 37.7 Å². The van der Waals surface area contributed by atoms with Crippen molar-refractivity contribution >= 4 is 12.3 Å². The van der Waals surface area contributed by atoms with Crippen molar-refractivity contribution in [3.63, 3.8) is 0 Å². The molecule has 0 bridgehead atoms. The molecule has 0 aliphatic rings. The largest absolute Gasteiger partial charge is 0.508 e. The van der Waals surface area contributed by atoms with Crippen molar-refractivity contribution in [3.05, 3.63) is 0 Å². The molecule has 0 saturated carbocycles. The van der Waals surface area contributed by atoms with Crippen LogP contribution in [0.3, 0.4) is 0 Å². The third-order valence-corrected chi connectivity index (χ3v) is 3.54. The maximum Gasteiger partial charge on any atom is 0.508 e. The van der Waals surface area contributed by atoms with Crippen LogP contribution in [0.1, 0.15) is 67.2 Å². The second-order valence-corrected chi connectivity index (χ2v) is 6.56. The minimum absolute atomic E-state index is 0.0282. The quantitative estimate of drug-likeness (QED) is 0.390. The van der Waals surface area contributed by atoms with Crippen LogP contribution in [0.4, 0.5) is 9.59 Å². The summed E-state index contributed by atoms with van der Waals surface area (Å²) in [6.07, 6.45) is 0.817. The van der Waals surface area contributed by atoms with Crippen LogP contribution in [0.15, 0.2) is 0 Å². The molecule has 6 heteroatoms. The third kappa shape index (κ3) is 9.63. The molecule has 0 spiro atoms. The molecule has 0 rings (SSSR count). The van der Waals surface area contributed by atoms with Crippen LogP contribution in [0.25, 0.3) is 0 Å². The van der Waals surface area contributed by atoms with Crippen LogP contribution in [0, 0.1) is 11.8 Å². The molecule has 2 unspecified atom stereocenters. The Morgan fingerprint density at radius 2 is 1.04 bits per heavy atom. The molecule has 2 atom stereocenters. The maximum atomic E-state index is 11.8. The molecule has 0 amide bonds. The second kappa shape index (κ2) is 12.9. The number of hydrogen-bond donors (Lipinski definition) is 0. The number of rotatable bonds is 11. The molecule has 0 saturated heterocycles. The first-order chi connectivity index (χ1) is 11.3. The van der Waals surface area contributed by atoms with Crippen LogP contribution in [0.5, 0.6) is 0 Å². The lowest BCUT2D eigenvalue weighted by Gasteiger charge is -2.31. The highest BCUT2D eigenvalue weighted by Crippen LogP contribution is 2.22. The van der Waals surface area contributed by atoms with E-state index in [1.807, 2.05) is 41.5 Å². The molecule has 0 aromatic rings. The van der Waals surface area contributed by atoms with Crippen LogP contribution in [-0.2, 0) is 18.9 Å². The van der Waals surface area contributed by atoms with E-state index in [2.05, 4.69) is 0 Å². The summed E-state index contributed by atoms with van der Waals surface area (Å²) in [5.74, 6) is -0.0564. The first-order valence-corrected chi connectivity index (χ1v) is 9.00. The summed E-state index contributed by atoms with van der Waals surface area (Å²) in [7, 11) is 0. The van der Waals surface area contributed by atoms with Gasteiger partial charge in [0.25, 0.3) is 0 Å². The van der Waals surface area contributed by atoms with Crippen molar-refractivity contribution in [2.75, 3.05) is 13.2 Å². The van der Waals surface area contributed by atoms with Crippen molar-refractivity contribution in [1.29, 1.82) is 0 Å². The smallest absolute Gasteiger partial charge is 0.434 e. The number of ether oxygens (including phenoxy) is 4. The summed E-state index contributed by atoms with van der Waals surface area (Å²) in [6, 6.07) is 0. The highest BCUT2D eigenvalue weighted by Gasteiger charge is 2.34. The van der Waals surface area contributed by atoms with Gasteiger partial charge in [0.15, 0.2) is 0 Å². The van der Waals surface area contributed by atoms with Gasteiger partial charge in [-0.2, -0.15) is 0 Å². The Bertz CT molecular complexity index is 319. The SMILES string of the molecule is CCCCOC(=O)OC(C(C)C)C(OC(=O)OCCCC)C(C)C. The standard InChI is InChI=1S/C18H34O6/c1-7-9-11-21-17(19)23-15(13(3)4)16(14(5)6)24-18(20)22-12-10-8-2/h13-16H,7-12H2,1-6H3. The molecule has 142 valence electrons. The van der Waals surface area contributed by atoms with E-state index in [1.54, 1.807) is 0 Å². The van der Waals surface area contributed by atoms with E-state index in [9.17, 15) is 9.59 Å². The summed E-state index contributed by atoms with van der Waals surface area (Å²) in [5.41, 5.74) is 0. The predicted molar refractivity (Wildman–Crippen MR) is 91.9 cm³/mol. The van der Waals surface area contributed by atoms with Crippen LogP contribution in [0.2, 0.25) is 0 Å². The number of carbonyl (C=O) groups is 2. The Morgan fingerprint density at radius 1 is 0.708 bits per heavy atom. The van der Waals surface area contributed by atoms with Gasteiger partial charge in [-0.15, -0.1) is 0 Å². The number of hydrogen-bond acceptors (Lipinski definition) is 6. The molecule has 0 fully saturated rings. The molecule has 0 heterocycles. The van der Waals surface area contributed by atoms with Gasteiger partial charge in [0.2, 0.25) is 0 Å². The summed E-state index contributed by atoms with van der Waals surface area (Å²) < 4.78 is 20.9. The van der Waals surface area contributed by atoms with Crippen molar-refractivity contribution < 1.29 is 28.5 Å². The predicted octanol–water partition coefficient (Wildman–Crippen LogP) is 4.94. The van der Waals surface area contributed by atoms with Crippen molar-refractivity contribution in [2.24, 2.45) is 11.8 Å². The lowest BCUT2D eigenvalue weighted by Crippen LogP contribution is -2.42. The molecular weight excluding hydrogens is 312 g/mol. The fraction of sp³-hybridized carbons (Fsp3) is 0.889. The van der Waals surface area contributed by atoms with Gasteiger partial charge in [0.05, 0.1) is 13.2 Å². The third-order valence-electron chi connectivity index (χ3n) is 3.54. The fourth-order valence-electron chi connectivity index (χ4n) is 2.05. The van der Waals surface area contributed by atoms with E-state index < -0.39 is 24.5 Å². The fourth-order valence-corrected chi connectivity index (χ4v) is 2.05. The molecule has 0 aromatic heterocycles. The second-order valence-electron chi connectivity index (χ2n) is 6.56. The molecule has 24 heavy (non-hydrogen) atoms. The van der Waals surface area contributed by atoms with Crippen molar-refractivity contribution in [1.82, 2.24) is 0 Å². The zero-order valence-corrected chi connectivity index (χ0v) is 16.0. The van der Waals surface area contributed by atoms with E-state index in [-0.39, 0.29) is 11.8 Å². The lowest BCUT2D eigenvalue weighted by atomic mass is 9.93. The van der Waals surface area contributed by atoms with Crippen molar-refractivity contribution in [2.45, 2.75) is 79.4 Å².